The number of piperidine rings is 2. The molecule has 0 aromatic carbocycles. The van der Waals surface area contributed by atoms with E-state index >= 15 is 0 Å². The quantitative estimate of drug-likeness (QED) is 0.783. The molecular weight excluding hydrogens is 324 g/mol. The van der Waals surface area contributed by atoms with Crippen molar-refractivity contribution in [2.24, 2.45) is 11.8 Å². The van der Waals surface area contributed by atoms with E-state index in [0.29, 0.717) is 11.8 Å². The fourth-order valence-corrected chi connectivity index (χ4v) is 4.55. The maximum Gasteiger partial charge on any atom is 0.230 e. The van der Waals surface area contributed by atoms with Gasteiger partial charge < -0.3 is 9.80 Å². The lowest BCUT2D eigenvalue weighted by molar-refractivity contribution is -0.132. The van der Waals surface area contributed by atoms with Crippen molar-refractivity contribution in [1.29, 1.82) is 0 Å². The predicted octanol–water partition coefficient (Wildman–Crippen LogP) is 2.27. The zero-order chi connectivity index (χ0) is 17.9. The Hall–Kier alpha value is -1.06. The molecule has 4 rings (SSSR count). The van der Waals surface area contributed by atoms with Gasteiger partial charge in [0.15, 0.2) is 0 Å². The topological polar surface area (TPSA) is 40.6 Å². The van der Waals surface area contributed by atoms with Crippen molar-refractivity contribution in [2.45, 2.75) is 25.7 Å². The van der Waals surface area contributed by atoms with Crippen molar-refractivity contribution in [2.75, 3.05) is 26.2 Å². The Balaban J connectivity index is 1.21. The summed E-state index contributed by atoms with van der Waals surface area (Å²) < 4.78 is 0. The van der Waals surface area contributed by atoms with E-state index in [2.05, 4.69) is 0 Å². The smallest absolute Gasteiger partial charge is 0.230 e. The Labute approximate surface area is 158 Å². The summed E-state index contributed by atoms with van der Waals surface area (Å²) in [7, 11) is 0. The van der Waals surface area contributed by atoms with Gasteiger partial charge in [0.25, 0.3) is 0 Å². The van der Waals surface area contributed by atoms with Gasteiger partial charge in [-0.15, -0.1) is 0 Å². The first kappa shape index (κ1) is 18.3. The number of hydrogen-bond acceptors (Lipinski definition) is 2. The van der Waals surface area contributed by atoms with E-state index in [1.165, 1.54) is 0 Å². The Morgan fingerprint density at radius 1 is 0.615 bits per heavy atom. The lowest BCUT2D eigenvalue weighted by atomic mass is 9.78. The zero-order valence-corrected chi connectivity index (χ0v) is 15.1. The molecule has 2 saturated carbocycles. The summed E-state index contributed by atoms with van der Waals surface area (Å²) in [5, 5.41) is 0. The van der Waals surface area contributed by atoms with Gasteiger partial charge in [-0.25, -0.2) is 0 Å². The van der Waals surface area contributed by atoms with Crippen LogP contribution in [0.2, 0.25) is 0 Å². The Morgan fingerprint density at radius 2 is 0.923 bits per heavy atom. The number of carbonyl (C=O) groups excluding carboxylic acids is 2. The molecule has 0 spiro atoms. The standard InChI is InChI=1S/C22H26N2O2/c25-21(19-5-1-2-6-19)23-13-9-17(10-14-23)18-11-15-24(16-12-18)22(26)20-7-3-4-8-20/h1-8,17-18H,9-16H2. The molecule has 2 aliphatic heterocycles. The average Bonchev–Trinajstić information content (AvgIpc) is 3.41. The van der Waals surface area contributed by atoms with Crippen LogP contribution in [0.1, 0.15) is 25.7 Å². The lowest BCUT2D eigenvalue weighted by Gasteiger charge is -2.41. The summed E-state index contributed by atoms with van der Waals surface area (Å²) in [6, 6.07) is 0. The third-order valence-corrected chi connectivity index (χ3v) is 6.14. The first-order valence-electron chi connectivity index (χ1n) is 9.74. The second kappa shape index (κ2) is 8.31. The van der Waals surface area contributed by atoms with Gasteiger partial charge in [0.2, 0.25) is 11.8 Å². The number of amides is 2. The number of nitrogens with zero attached hydrogens (tertiary/aromatic N) is 2. The molecule has 2 amide bonds. The maximum absolute atomic E-state index is 12.5. The van der Waals surface area contributed by atoms with Crippen LogP contribution in [0.3, 0.4) is 0 Å². The molecule has 0 N–H and O–H groups in total. The molecule has 0 unspecified atom stereocenters. The molecule has 0 bridgehead atoms. The van der Waals surface area contributed by atoms with Crippen LogP contribution in [-0.4, -0.2) is 47.8 Å². The molecule has 26 heavy (non-hydrogen) atoms. The van der Waals surface area contributed by atoms with Crippen LogP contribution in [-0.2, 0) is 9.59 Å². The van der Waals surface area contributed by atoms with Crippen LogP contribution < -0.4 is 0 Å². The molecule has 136 valence electrons. The molecular formula is C22H26N2O2. The summed E-state index contributed by atoms with van der Waals surface area (Å²) in [5.74, 6) is 3.34. The van der Waals surface area contributed by atoms with Gasteiger partial charge in [-0.1, -0.05) is 0 Å². The van der Waals surface area contributed by atoms with E-state index in [-0.39, 0.29) is 11.8 Å². The Morgan fingerprint density at radius 3 is 1.23 bits per heavy atom. The summed E-state index contributed by atoms with van der Waals surface area (Å²) in [5.41, 5.74) is 0. The molecule has 4 fully saturated rings. The largest absolute Gasteiger partial charge is 0.342 e. The van der Waals surface area contributed by atoms with Gasteiger partial charge in [-0.05, 0) is 88.9 Å². The van der Waals surface area contributed by atoms with Crippen molar-refractivity contribution in [3.8, 4) is 0 Å². The van der Waals surface area contributed by atoms with Gasteiger partial charge >= 0.3 is 0 Å². The highest BCUT2D eigenvalue weighted by atomic mass is 16.2. The van der Waals surface area contributed by atoms with E-state index in [1.807, 2.05) is 61.2 Å². The van der Waals surface area contributed by atoms with Crippen molar-refractivity contribution >= 4 is 11.8 Å². The lowest BCUT2D eigenvalue weighted by Crippen LogP contribution is -2.45. The highest BCUT2D eigenvalue weighted by Crippen LogP contribution is 2.35. The number of likely N-dealkylation sites (tertiary alicyclic amines) is 2. The van der Waals surface area contributed by atoms with Gasteiger partial charge in [0.05, 0.1) is 11.8 Å². The monoisotopic (exact) mass is 350 g/mol. The van der Waals surface area contributed by atoms with E-state index in [1.54, 1.807) is 0 Å². The summed E-state index contributed by atoms with van der Waals surface area (Å²) >= 11 is 0. The van der Waals surface area contributed by atoms with Crippen molar-refractivity contribution < 1.29 is 9.59 Å². The third-order valence-electron chi connectivity index (χ3n) is 6.14. The van der Waals surface area contributed by atoms with E-state index in [4.69, 9.17) is 0 Å². The third kappa shape index (κ3) is 3.94. The SMILES string of the molecule is O=C([C]1[CH][CH][CH][CH]1)N1CCC(C2CCN(C(=O)[C]3[CH][CH][CH][CH]3)CC2)CC1. The van der Waals surface area contributed by atoms with Gasteiger partial charge in [-0.3, -0.25) is 9.59 Å². The second-order valence-corrected chi connectivity index (χ2v) is 7.61. The van der Waals surface area contributed by atoms with Crippen LogP contribution in [0.15, 0.2) is 0 Å². The fraction of sp³-hybridized carbons (Fsp3) is 0.455. The predicted molar refractivity (Wildman–Crippen MR) is 99.5 cm³/mol. The van der Waals surface area contributed by atoms with Crippen LogP contribution in [0, 0.1) is 75.0 Å². The minimum Gasteiger partial charge on any atom is -0.342 e. The van der Waals surface area contributed by atoms with Crippen molar-refractivity contribution in [3.63, 3.8) is 0 Å². The zero-order valence-electron chi connectivity index (χ0n) is 15.1. The molecule has 4 heteroatoms. The normalized spacial score (nSPS) is 27.4. The summed E-state index contributed by atoms with van der Waals surface area (Å²) in [6.07, 6.45) is 19.6. The van der Waals surface area contributed by atoms with Gasteiger partial charge in [0.1, 0.15) is 0 Å². The number of carbonyl (C=O) groups is 2. The van der Waals surface area contributed by atoms with Crippen LogP contribution in [0.5, 0.6) is 0 Å². The molecule has 2 saturated heterocycles. The van der Waals surface area contributed by atoms with Crippen LogP contribution in [0.4, 0.5) is 0 Å². The first-order valence-corrected chi connectivity index (χ1v) is 9.74. The molecule has 0 atom stereocenters. The number of hydrogen-bond donors (Lipinski definition) is 0. The highest BCUT2D eigenvalue weighted by Gasteiger charge is 2.36. The fourth-order valence-electron chi connectivity index (χ4n) is 4.55. The summed E-state index contributed by atoms with van der Waals surface area (Å²) in [4.78, 5) is 28.9. The Bertz CT molecular complexity index is 446. The highest BCUT2D eigenvalue weighted by molar-refractivity contribution is 5.96. The molecule has 2 aliphatic carbocycles. The molecule has 0 aromatic heterocycles. The van der Waals surface area contributed by atoms with Gasteiger partial charge in [0, 0.05) is 26.2 Å². The molecule has 0 aromatic rings. The van der Waals surface area contributed by atoms with E-state index in [0.717, 1.165) is 63.7 Å². The number of rotatable bonds is 3. The first-order chi connectivity index (χ1) is 12.7. The van der Waals surface area contributed by atoms with E-state index in [9.17, 15) is 9.59 Å². The van der Waals surface area contributed by atoms with Gasteiger partial charge in [-0.2, -0.15) is 0 Å². The molecule has 4 nitrogen and oxygen atoms in total. The van der Waals surface area contributed by atoms with Crippen LogP contribution >= 0.6 is 0 Å². The van der Waals surface area contributed by atoms with Crippen molar-refractivity contribution in [3.05, 3.63) is 63.2 Å². The average molecular weight is 350 g/mol. The maximum atomic E-state index is 12.5. The molecule has 4 aliphatic rings. The minimum absolute atomic E-state index is 0.170. The van der Waals surface area contributed by atoms with E-state index < -0.39 is 0 Å². The second-order valence-electron chi connectivity index (χ2n) is 7.61. The minimum atomic E-state index is 0.170. The van der Waals surface area contributed by atoms with Crippen molar-refractivity contribution in [1.82, 2.24) is 9.80 Å². The Kier molecular flexibility index (Phi) is 5.85. The molecule has 10 radical (unpaired) electrons. The van der Waals surface area contributed by atoms with Crippen LogP contribution in [0.25, 0.3) is 0 Å². The molecule has 2 heterocycles. The summed E-state index contributed by atoms with van der Waals surface area (Å²) in [6.45, 7) is 3.45.